The summed E-state index contributed by atoms with van der Waals surface area (Å²) < 4.78 is 22.9. The molecular weight excluding hydrogens is 264 g/mol. The minimum atomic E-state index is -3.20. The molecule has 1 amide bonds. The van der Waals surface area contributed by atoms with Crippen LogP contribution in [0.25, 0.3) is 0 Å². The van der Waals surface area contributed by atoms with Crippen molar-refractivity contribution in [2.24, 2.45) is 11.7 Å². The summed E-state index contributed by atoms with van der Waals surface area (Å²) >= 11 is 0. The Morgan fingerprint density at radius 2 is 1.95 bits per heavy atom. The van der Waals surface area contributed by atoms with E-state index in [2.05, 4.69) is 5.32 Å². The second-order valence-corrected chi connectivity index (χ2v) is 7.32. The van der Waals surface area contributed by atoms with E-state index in [1.165, 1.54) is 6.26 Å². The van der Waals surface area contributed by atoms with E-state index in [1.54, 1.807) is 24.3 Å². The van der Waals surface area contributed by atoms with Gasteiger partial charge in [-0.3, -0.25) is 4.79 Å². The van der Waals surface area contributed by atoms with Gasteiger partial charge < -0.3 is 11.1 Å². The number of hydrogen-bond donors (Lipinski definition) is 2. The molecule has 104 valence electrons. The summed E-state index contributed by atoms with van der Waals surface area (Å²) in [6, 6.07) is 6.68. The molecule has 0 aliphatic carbocycles. The van der Waals surface area contributed by atoms with Crippen LogP contribution in [0.3, 0.4) is 0 Å². The minimum Gasteiger partial charge on any atom is -0.369 e. The smallest absolute Gasteiger partial charge is 0.222 e. The summed E-state index contributed by atoms with van der Waals surface area (Å²) in [7, 11) is -3.20. The topological polar surface area (TPSA) is 89.3 Å². The molecule has 19 heavy (non-hydrogen) atoms. The third-order valence-corrected chi connectivity index (χ3v) is 5.02. The maximum absolute atomic E-state index is 11.5. The number of primary amides is 1. The summed E-state index contributed by atoms with van der Waals surface area (Å²) in [4.78, 5) is 11.8. The Kier molecular flexibility index (Phi) is 3.40. The number of amides is 1. The van der Waals surface area contributed by atoms with Gasteiger partial charge in [-0.15, -0.1) is 0 Å². The molecule has 0 radical (unpaired) electrons. The van der Waals surface area contributed by atoms with Gasteiger partial charge in [0.2, 0.25) is 5.91 Å². The lowest BCUT2D eigenvalue weighted by Gasteiger charge is -2.29. The largest absolute Gasteiger partial charge is 0.369 e. The maximum atomic E-state index is 11.5. The van der Waals surface area contributed by atoms with E-state index in [-0.39, 0.29) is 22.1 Å². The molecule has 1 saturated heterocycles. The summed E-state index contributed by atoms with van der Waals surface area (Å²) in [5, 5.41) is 3.17. The molecule has 0 spiro atoms. The molecule has 0 bridgehead atoms. The highest BCUT2D eigenvalue weighted by Crippen LogP contribution is 2.35. The highest BCUT2D eigenvalue weighted by Gasteiger charge is 2.43. The van der Waals surface area contributed by atoms with Crippen LogP contribution in [-0.4, -0.2) is 33.7 Å². The molecule has 0 saturated carbocycles. The summed E-state index contributed by atoms with van der Waals surface area (Å²) in [6.07, 6.45) is 1.17. The van der Waals surface area contributed by atoms with Crippen molar-refractivity contribution in [3.05, 3.63) is 29.8 Å². The van der Waals surface area contributed by atoms with Crippen LogP contribution in [0, 0.1) is 5.92 Å². The lowest BCUT2D eigenvalue weighted by molar-refractivity contribution is -0.122. The van der Waals surface area contributed by atoms with Gasteiger partial charge in [0, 0.05) is 24.8 Å². The van der Waals surface area contributed by atoms with Gasteiger partial charge in [0.05, 0.1) is 10.8 Å². The van der Waals surface area contributed by atoms with Crippen LogP contribution in [0.1, 0.15) is 12.5 Å². The Morgan fingerprint density at radius 1 is 1.37 bits per heavy atom. The molecule has 2 atom stereocenters. The van der Waals surface area contributed by atoms with Gasteiger partial charge in [-0.2, -0.15) is 0 Å². The van der Waals surface area contributed by atoms with Crippen molar-refractivity contribution in [3.8, 4) is 0 Å². The molecule has 3 N–H and O–H groups in total. The Morgan fingerprint density at radius 3 is 2.42 bits per heavy atom. The van der Waals surface area contributed by atoms with Gasteiger partial charge in [0.25, 0.3) is 0 Å². The third-order valence-electron chi connectivity index (χ3n) is 3.90. The van der Waals surface area contributed by atoms with Crippen molar-refractivity contribution in [2.45, 2.75) is 17.2 Å². The number of carbonyl (C=O) groups excluding carboxylic acids is 1. The maximum Gasteiger partial charge on any atom is 0.222 e. The molecule has 1 aromatic carbocycles. The van der Waals surface area contributed by atoms with Crippen molar-refractivity contribution in [1.82, 2.24) is 5.32 Å². The van der Waals surface area contributed by atoms with E-state index in [0.29, 0.717) is 13.1 Å². The van der Waals surface area contributed by atoms with E-state index in [0.717, 1.165) is 5.56 Å². The standard InChI is InChI=1S/C13H18N2O3S/c1-13(8-15-7-11(13)12(14)16)9-3-5-10(6-4-9)19(2,17)18/h3-6,11,15H,7-8H2,1-2H3,(H2,14,16). The first-order valence-corrected chi connectivity index (χ1v) is 7.95. The quantitative estimate of drug-likeness (QED) is 0.820. The van der Waals surface area contributed by atoms with Gasteiger partial charge in [0.1, 0.15) is 0 Å². The molecule has 1 aliphatic heterocycles. The number of nitrogens with one attached hydrogen (secondary N) is 1. The molecule has 1 fully saturated rings. The zero-order valence-corrected chi connectivity index (χ0v) is 11.8. The second-order valence-electron chi connectivity index (χ2n) is 5.30. The second kappa shape index (κ2) is 4.61. The minimum absolute atomic E-state index is 0.279. The SMILES string of the molecule is CC1(c2ccc(S(C)(=O)=O)cc2)CNCC1C(N)=O. The average molecular weight is 282 g/mol. The number of sulfone groups is 1. The van der Waals surface area contributed by atoms with E-state index in [4.69, 9.17) is 5.73 Å². The van der Waals surface area contributed by atoms with Crippen LogP contribution in [0.4, 0.5) is 0 Å². The van der Waals surface area contributed by atoms with Crippen molar-refractivity contribution < 1.29 is 13.2 Å². The Balaban J connectivity index is 2.39. The Hall–Kier alpha value is -1.40. The lowest BCUT2D eigenvalue weighted by Crippen LogP contribution is -2.39. The normalized spacial score (nSPS) is 27.4. The number of hydrogen-bond acceptors (Lipinski definition) is 4. The van der Waals surface area contributed by atoms with E-state index in [9.17, 15) is 13.2 Å². The lowest BCUT2D eigenvalue weighted by atomic mass is 9.74. The van der Waals surface area contributed by atoms with Crippen LogP contribution < -0.4 is 11.1 Å². The zero-order valence-electron chi connectivity index (χ0n) is 11.0. The predicted molar refractivity (Wildman–Crippen MR) is 72.5 cm³/mol. The van der Waals surface area contributed by atoms with Crippen LogP contribution in [0.5, 0.6) is 0 Å². The summed E-state index contributed by atoms with van der Waals surface area (Å²) in [5.41, 5.74) is 5.97. The van der Waals surface area contributed by atoms with E-state index < -0.39 is 9.84 Å². The molecule has 2 unspecified atom stereocenters. The van der Waals surface area contributed by atoms with Crippen LogP contribution in [-0.2, 0) is 20.0 Å². The summed E-state index contributed by atoms with van der Waals surface area (Å²) in [5.74, 6) is -0.615. The number of nitrogens with two attached hydrogens (primary N) is 1. The predicted octanol–water partition coefficient (Wildman–Crippen LogP) is 0.0525. The fourth-order valence-corrected chi connectivity index (χ4v) is 3.26. The first kappa shape index (κ1) is 14.0. The fourth-order valence-electron chi connectivity index (χ4n) is 2.63. The van der Waals surface area contributed by atoms with Crippen molar-refractivity contribution >= 4 is 15.7 Å². The number of rotatable bonds is 3. The Bertz CT molecular complexity index is 595. The van der Waals surface area contributed by atoms with Gasteiger partial charge in [0.15, 0.2) is 9.84 Å². The number of benzene rings is 1. The van der Waals surface area contributed by atoms with Gasteiger partial charge in [-0.05, 0) is 17.7 Å². The molecule has 6 heteroatoms. The van der Waals surface area contributed by atoms with Crippen molar-refractivity contribution in [3.63, 3.8) is 0 Å². The number of carbonyl (C=O) groups is 1. The average Bonchev–Trinajstić information content (AvgIpc) is 2.72. The highest BCUT2D eigenvalue weighted by molar-refractivity contribution is 7.90. The van der Waals surface area contributed by atoms with Gasteiger partial charge >= 0.3 is 0 Å². The van der Waals surface area contributed by atoms with Crippen molar-refractivity contribution in [1.29, 1.82) is 0 Å². The molecule has 1 aliphatic rings. The van der Waals surface area contributed by atoms with Crippen LogP contribution in [0.2, 0.25) is 0 Å². The highest BCUT2D eigenvalue weighted by atomic mass is 32.2. The third kappa shape index (κ3) is 2.50. The Labute approximate surface area is 113 Å². The van der Waals surface area contributed by atoms with Crippen LogP contribution >= 0.6 is 0 Å². The zero-order chi connectivity index (χ0) is 14.3. The summed E-state index contributed by atoms with van der Waals surface area (Å²) in [6.45, 7) is 3.18. The van der Waals surface area contributed by atoms with Gasteiger partial charge in [-0.25, -0.2) is 8.42 Å². The molecule has 5 nitrogen and oxygen atoms in total. The van der Waals surface area contributed by atoms with E-state index >= 15 is 0 Å². The fraction of sp³-hybridized carbons (Fsp3) is 0.462. The molecule has 1 heterocycles. The van der Waals surface area contributed by atoms with E-state index in [1.807, 2.05) is 6.92 Å². The molecule has 0 aromatic heterocycles. The molecule has 2 rings (SSSR count). The van der Waals surface area contributed by atoms with Gasteiger partial charge in [-0.1, -0.05) is 19.1 Å². The monoisotopic (exact) mass is 282 g/mol. The van der Waals surface area contributed by atoms with Crippen LogP contribution in [0.15, 0.2) is 29.2 Å². The molecule has 1 aromatic rings. The molecular formula is C13H18N2O3S. The van der Waals surface area contributed by atoms with Crippen molar-refractivity contribution in [2.75, 3.05) is 19.3 Å². The first-order valence-electron chi connectivity index (χ1n) is 6.06. The first-order chi connectivity index (χ1) is 8.75.